The summed E-state index contributed by atoms with van der Waals surface area (Å²) in [4.78, 5) is 24.9. The van der Waals surface area contributed by atoms with Gasteiger partial charge in [-0.25, -0.2) is 0 Å². The average molecular weight is 470 g/mol. The van der Waals surface area contributed by atoms with Gasteiger partial charge in [0, 0.05) is 6.07 Å². The Labute approximate surface area is 189 Å². The molecule has 0 bridgehead atoms. The van der Waals surface area contributed by atoms with E-state index in [0.29, 0.717) is 17.2 Å². The van der Waals surface area contributed by atoms with Crippen molar-refractivity contribution in [1.82, 2.24) is 0 Å². The Hall–Kier alpha value is -3.04. The van der Waals surface area contributed by atoms with Crippen LogP contribution in [-0.2, 0) is 9.59 Å². The number of rotatable bonds is 9. The van der Waals surface area contributed by atoms with Gasteiger partial charge in [0.2, 0.25) is 6.04 Å². The maximum absolute atomic E-state index is 12.8. The number of anilines is 1. The number of azo groups is 1. The van der Waals surface area contributed by atoms with Gasteiger partial charge in [-0.3, -0.25) is 9.59 Å². The number of ketones is 1. The van der Waals surface area contributed by atoms with Crippen molar-refractivity contribution < 1.29 is 28.5 Å². The van der Waals surface area contributed by atoms with Crippen LogP contribution in [0.3, 0.4) is 0 Å². The topological polar surface area (TPSA) is 108 Å². The Morgan fingerprint density at radius 2 is 1.48 bits per heavy atom. The molecule has 2 aromatic carbocycles. The summed E-state index contributed by atoms with van der Waals surface area (Å²) in [7, 11) is 5.72. The number of benzene rings is 2. The van der Waals surface area contributed by atoms with Crippen molar-refractivity contribution >= 4 is 46.3 Å². The lowest BCUT2D eigenvalue weighted by atomic mass is 10.2. The molecule has 9 nitrogen and oxygen atoms in total. The van der Waals surface area contributed by atoms with E-state index in [1.54, 1.807) is 12.1 Å². The number of carbonyl (C=O) groups excluding carboxylic acids is 2. The van der Waals surface area contributed by atoms with Crippen molar-refractivity contribution in [2.75, 3.05) is 33.8 Å². The minimum atomic E-state index is -1.46. The van der Waals surface area contributed by atoms with Gasteiger partial charge >= 0.3 is 0 Å². The Bertz CT molecular complexity index is 1010. The first-order chi connectivity index (χ1) is 14.8. The molecule has 0 aliphatic heterocycles. The zero-order chi connectivity index (χ0) is 23.1. The molecular weight excluding hydrogens is 449 g/mol. The van der Waals surface area contributed by atoms with Crippen LogP contribution in [0.4, 0.5) is 11.4 Å². The van der Waals surface area contributed by atoms with Crippen molar-refractivity contribution in [3.63, 3.8) is 0 Å². The summed E-state index contributed by atoms with van der Waals surface area (Å²) in [5.41, 5.74) is 0.351. The SMILES string of the molecule is COc1cc(OC)c(N=NC(C(C)=O)C(=O)Nc2c(OC)ccc(OC)c2Cl)cc1Cl. The van der Waals surface area contributed by atoms with Crippen LogP contribution in [0.1, 0.15) is 6.92 Å². The maximum Gasteiger partial charge on any atom is 0.258 e. The van der Waals surface area contributed by atoms with E-state index < -0.39 is 17.7 Å². The van der Waals surface area contributed by atoms with Crippen LogP contribution < -0.4 is 24.3 Å². The Morgan fingerprint density at radius 3 is 2.03 bits per heavy atom. The molecule has 0 radical (unpaired) electrons. The van der Waals surface area contributed by atoms with E-state index in [1.165, 1.54) is 47.5 Å². The number of hydrogen-bond acceptors (Lipinski definition) is 8. The number of carbonyl (C=O) groups is 2. The van der Waals surface area contributed by atoms with E-state index in [0.717, 1.165) is 0 Å². The molecule has 1 atom stereocenters. The van der Waals surface area contributed by atoms with Gasteiger partial charge in [-0.15, -0.1) is 0 Å². The van der Waals surface area contributed by atoms with Crippen molar-refractivity contribution in [1.29, 1.82) is 0 Å². The van der Waals surface area contributed by atoms with Crippen molar-refractivity contribution in [2.24, 2.45) is 10.2 Å². The number of halogens is 2. The predicted octanol–water partition coefficient (Wildman–Crippen LogP) is 4.71. The highest BCUT2D eigenvalue weighted by atomic mass is 35.5. The quantitative estimate of drug-likeness (QED) is 0.420. The summed E-state index contributed by atoms with van der Waals surface area (Å²) < 4.78 is 20.7. The minimum absolute atomic E-state index is 0.109. The number of amides is 1. The lowest BCUT2D eigenvalue weighted by molar-refractivity contribution is -0.126. The van der Waals surface area contributed by atoms with Gasteiger partial charge < -0.3 is 24.3 Å². The van der Waals surface area contributed by atoms with Gasteiger partial charge in [0.15, 0.2) is 5.78 Å². The minimum Gasteiger partial charge on any atom is -0.495 e. The first-order valence-electron chi connectivity index (χ1n) is 8.81. The molecular formula is C20H21Cl2N3O6. The van der Waals surface area contributed by atoms with Crippen LogP contribution in [-0.4, -0.2) is 46.2 Å². The molecule has 2 rings (SSSR count). The highest BCUT2D eigenvalue weighted by Crippen LogP contribution is 2.40. The molecule has 1 amide bonds. The normalized spacial score (nSPS) is 11.7. The maximum atomic E-state index is 12.8. The molecule has 2 aromatic rings. The molecule has 0 aromatic heterocycles. The molecule has 0 spiro atoms. The second-order valence-corrected chi connectivity index (χ2v) is 6.82. The first kappa shape index (κ1) is 24.2. The molecule has 0 aliphatic carbocycles. The molecule has 31 heavy (non-hydrogen) atoms. The van der Waals surface area contributed by atoms with E-state index in [9.17, 15) is 9.59 Å². The van der Waals surface area contributed by atoms with Crippen LogP contribution in [0.15, 0.2) is 34.5 Å². The van der Waals surface area contributed by atoms with Crippen molar-refractivity contribution in [3.8, 4) is 23.0 Å². The second-order valence-electron chi connectivity index (χ2n) is 6.04. The van der Waals surface area contributed by atoms with Crippen LogP contribution in [0.2, 0.25) is 10.0 Å². The van der Waals surface area contributed by atoms with Crippen LogP contribution in [0.5, 0.6) is 23.0 Å². The molecule has 0 saturated carbocycles. The number of nitrogens with zero attached hydrogens (tertiary/aromatic N) is 2. The number of Topliss-reactive ketones (excluding diaryl/α,β-unsaturated/α-hetero) is 1. The Kier molecular flexibility index (Phi) is 8.47. The van der Waals surface area contributed by atoms with E-state index in [4.69, 9.17) is 42.1 Å². The van der Waals surface area contributed by atoms with Crippen molar-refractivity contribution in [2.45, 2.75) is 13.0 Å². The van der Waals surface area contributed by atoms with Gasteiger partial charge in [-0.2, -0.15) is 10.2 Å². The van der Waals surface area contributed by atoms with E-state index in [-0.39, 0.29) is 27.2 Å². The van der Waals surface area contributed by atoms with Gasteiger partial charge in [-0.05, 0) is 25.1 Å². The van der Waals surface area contributed by atoms with Gasteiger partial charge in [0.05, 0.1) is 33.5 Å². The molecule has 11 heteroatoms. The standard InChI is InChI=1S/C20H21Cl2N3O6/c1-10(26)18(25-24-12-8-11(21)15(30-4)9-16(12)31-5)20(27)23-19-14(29-3)7-6-13(28-2)17(19)22/h6-9,18H,1-5H3,(H,23,27). The average Bonchev–Trinajstić information content (AvgIpc) is 2.75. The molecule has 166 valence electrons. The zero-order valence-electron chi connectivity index (χ0n) is 17.5. The van der Waals surface area contributed by atoms with Gasteiger partial charge in [0.1, 0.15) is 39.4 Å². The molecule has 0 aliphatic rings. The van der Waals surface area contributed by atoms with E-state index in [2.05, 4.69) is 15.5 Å². The van der Waals surface area contributed by atoms with Crippen LogP contribution >= 0.6 is 23.2 Å². The molecule has 0 saturated heterocycles. The highest BCUT2D eigenvalue weighted by molar-refractivity contribution is 6.36. The summed E-state index contributed by atoms with van der Waals surface area (Å²) in [6, 6.07) is 4.64. The lowest BCUT2D eigenvalue weighted by Crippen LogP contribution is -2.32. The fraction of sp³-hybridized carbons (Fsp3) is 0.300. The third-order valence-electron chi connectivity index (χ3n) is 4.12. The molecule has 1 N–H and O–H groups in total. The number of nitrogens with one attached hydrogen (secondary N) is 1. The third-order valence-corrected chi connectivity index (χ3v) is 4.79. The summed E-state index contributed by atoms with van der Waals surface area (Å²) in [5.74, 6) is -0.0391. The predicted molar refractivity (Wildman–Crippen MR) is 117 cm³/mol. The molecule has 0 heterocycles. The Balaban J connectivity index is 2.37. The van der Waals surface area contributed by atoms with E-state index in [1.807, 2.05) is 0 Å². The number of ether oxygens (including phenoxy) is 4. The van der Waals surface area contributed by atoms with Gasteiger partial charge in [-0.1, -0.05) is 23.2 Å². The third kappa shape index (κ3) is 5.56. The lowest BCUT2D eigenvalue weighted by Gasteiger charge is -2.16. The first-order valence-corrected chi connectivity index (χ1v) is 9.57. The highest BCUT2D eigenvalue weighted by Gasteiger charge is 2.26. The monoisotopic (exact) mass is 469 g/mol. The number of methoxy groups -OCH3 is 4. The Morgan fingerprint density at radius 1 is 0.903 bits per heavy atom. The smallest absolute Gasteiger partial charge is 0.258 e. The molecule has 1 unspecified atom stereocenters. The largest absolute Gasteiger partial charge is 0.495 e. The van der Waals surface area contributed by atoms with E-state index >= 15 is 0 Å². The molecule has 0 fully saturated rings. The number of hydrogen-bond donors (Lipinski definition) is 1. The van der Waals surface area contributed by atoms with Crippen molar-refractivity contribution in [3.05, 3.63) is 34.3 Å². The fourth-order valence-corrected chi connectivity index (χ4v) is 3.05. The van der Waals surface area contributed by atoms with Crippen LogP contribution in [0, 0.1) is 0 Å². The second kappa shape index (κ2) is 10.8. The summed E-state index contributed by atoms with van der Waals surface area (Å²) in [5, 5.41) is 10.8. The summed E-state index contributed by atoms with van der Waals surface area (Å²) in [6.07, 6.45) is 0. The van der Waals surface area contributed by atoms with Crippen LogP contribution in [0.25, 0.3) is 0 Å². The fourth-order valence-electron chi connectivity index (χ4n) is 2.54. The zero-order valence-corrected chi connectivity index (χ0v) is 19.0. The summed E-state index contributed by atoms with van der Waals surface area (Å²) >= 11 is 12.4. The summed E-state index contributed by atoms with van der Waals surface area (Å²) in [6.45, 7) is 1.21. The van der Waals surface area contributed by atoms with Gasteiger partial charge in [0.25, 0.3) is 5.91 Å².